The van der Waals surface area contributed by atoms with Crippen LogP contribution in [0.3, 0.4) is 0 Å². The molecule has 2 aromatic carbocycles. The van der Waals surface area contributed by atoms with Gasteiger partial charge < -0.3 is 4.90 Å². The van der Waals surface area contributed by atoms with Gasteiger partial charge in [0, 0.05) is 31.4 Å². The molecule has 1 aliphatic carbocycles. The van der Waals surface area contributed by atoms with Crippen LogP contribution >= 0.6 is 11.6 Å². The van der Waals surface area contributed by atoms with Gasteiger partial charge in [0.15, 0.2) is 9.84 Å². The van der Waals surface area contributed by atoms with E-state index in [4.69, 9.17) is 11.6 Å². The molecule has 1 aliphatic heterocycles. The molecule has 2 fully saturated rings. The summed E-state index contributed by atoms with van der Waals surface area (Å²) in [5, 5.41) is -0.00298. The minimum Gasteiger partial charge on any atom is -0.338 e. The number of hydrogen-bond donors (Lipinski definition) is 0. The highest BCUT2D eigenvalue weighted by Gasteiger charge is 2.44. The van der Waals surface area contributed by atoms with Crippen molar-refractivity contribution < 1.29 is 34.8 Å². The molecule has 1 saturated carbocycles. The molecular formula is C23H24ClF3N2O5S2. The molecule has 0 spiro atoms. The predicted octanol–water partition coefficient (Wildman–Crippen LogP) is 4.22. The first-order chi connectivity index (χ1) is 16.7. The van der Waals surface area contributed by atoms with Gasteiger partial charge in [-0.05, 0) is 62.1 Å². The van der Waals surface area contributed by atoms with Gasteiger partial charge >= 0.3 is 6.18 Å². The van der Waals surface area contributed by atoms with Crippen LogP contribution in [0, 0.1) is 0 Å². The van der Waals surface area contributed by atoms with Crippen LogP contribution in [0.1, 0.15) is 41.6 Å². The zero-order valence-electron chi connectivity index (χ0n) is 19.2. The van der Waals surface area contributed by atoms with Crippen molar-refractivity contribution in [1.29, 1.82) is 0 Å². The van der Waals surface area contributed by atoms with Gasteiger partial charge in [0.1, 0.15) is 0 Å². The highest BCUT2D eigenvalue weighted by atomic mass is 35.5. The lowest BCUT2D eigenvalue weighted by atomic mass is 10.0. The van der Waals surface area contributed by atoms with E-state index >= 15 is 0 Å². The number of alkyl halides is 3. The molecule has 4 rings (SSSR count). The van der Waals surface area contributed by atoms with Crippen LogP contribution in [0.5, 0.6) is 0 Å². The normalized spacial score (nSPS) is 18.0. The standard InChI is InChI=1S/C23H24ClF3N2O5S2/c1-35(31,32)18-7-8-20(21(24)14-18)22(30)28-11-9-17(10-12-28)29(16-5-6-16)36(33,34)19-4-2-3-15(13-19)23(25,26)27/h2-4,7-8,13-14,16-17H,5-6,9-12H2,1H3. The highest BCUT2D eigenvalue weighted by Crippen LogP contribution is 2.38. The van der Waals surface area contributed by atoms with E-state index in [1.807, 2.05) is 0 Å². The molecule has 0 bridgehead atoms. The third-order valence-corrected chi connectivity index (χ3v) is 9.78. The van der Waals surface area contributed by atoms with Crippen molar-refractivity contribution in [1.82, 2.24) is 9.21 Å². The fourth-order valence-corrected chi connectivity index (χ4v) is 7.32. The lowest BCUT2D eigenvalue weighted by molar-refractivity contribution is -0.137. The molecular weight excluding hydrogens is 541 g/mol. The molecule has 196 valence electrons. The van der Waals surface area contributed by atoms with E-state index in [2.05, 4.69) is 0 Å². The summed E-state index contributed by atoms with van der Waals surface area (Å²) in [6.45, 7) is 0.434. The van der Waals surface area contributed by atoms with E-state index in [9.17, 15) is 34.8 Å². The van der Waals surface area contributed by atoms with E-state index in [1.165, 1.54) is 33.5 Å². The Hall–Kier alpha value is -2.15. The van der Waals surface area contributed by atoms with Gasteiger partial charge in [0.25, 0.3) is 5.91 Å². The summed E-state index contributed by atoms with van der Waals surface area (Å²) in [7, 11) is -7.68. The second kappa shape index (κ2) is 9.62. The maximum Gasteiger partial charge on any atom is 0.416 e. The van der Waals surface area contributed by atoms with Crippen molar-refractivity contribution in [3.05, 3.63) is 58.6 Å². The summed E-state index contributed by atoms with van der Waals surface area (Å²) < 4.78 is 91.0. The maximum absolute atomic E-state index is 13.4. The number of piperidine rings is 1. The predicted molar refractivity (Wildman–Crippen MR) is 127 cm³/mol. The molecule has 1 heterocycles. The minimum atomic E-state index is -4.66. The molecule has 2 aromatic rings. The van der Waals surface area contributed by atoms with Crippen LogP contribution in [0.2, 0.25) is 5.02 Å². The summed E-state index contributed by atoms with van der Waals surface area (Å²) >= 11 is 6.17. The summed E-state index contributed by atoms with van der Waals surface area (Å²) in [6.07, 6.45) is -1.77. The first-order valence-electron chi connectivity index (χ1n) is 11.2. The second-order valence-corrected chi connectivity index (χ2v) is 13.3. The Morgan fingerprint density at radius 2 is 1.56 bits per heavy atom. The average Bonchev–Trinajstić information content (AvgIpc) is 3.63. The number of likely N-dealkylation sites (tertiary alicyclic amines) is 1. The maximum atomic E-state index is 13.4. The van der Waals surface area contributed by atoms with Gasteiger partial charge in [0.2, 0.25) is 10.0 Å². The number of halogens is 4. The summed E-state index contributed by atoms with van der Waals surface area (Å²) in [4.78, 5) is 14.1. The quantitative estimate of drug-likeness (QED) is 0.524. The number of amides is 1. The Morgan fingerprint density at radius 3 is 2.08 bits per heavy atom. The van der Waals surface area contributed by atoms with Gasteiger partial charge in [0.05, 0.1) is 25.9 Å². The zero-order valence-corrected chi connectivity index (χ0v) is 21.6. The van der Waals surface area contributed by atoms with Gasteiger partial charge in [-0.25, -0.2) is 16.8 Å². The largest absolute Gasteiger partial charge is 0.416 e. The van der Waals surface area contributed by atoms with Crippen LogP contribution in [0.25, 0.3) is 0 Å². The monoisotopic (exact) mass is 564 g/mol. The average molecular weight is 565 g/mol. The van der Waals surface area contributed by atoms with Gasteiger partial charge in [-0.1, -0.05) is 17.7 Å². The van der Waals surface area contributed by atoms with Crippen molar-refractivity contribution in [2.45, 2.75) is 53.7 Å². The highest BCUT2D eigenvalue weighted by molar-refractivity contribution is 7.90. The van der Waals surface area contributed by atoms with Crippen molar-refractivity contribution >= 4 is 37.4 Å². The Labute approximate surface area is 212 Å². The van der Waals surface area contributed by atoms with E-state index < -0.39 is 48.4 Å². The SMILES string of the molecule is CS(=O)(=O)c1ccc(C(=O)N2CCC(N(C3CC3)S(=O)(=O)c3cccc(C(F)(F)F)c3)CC2)c(Cl)c1. The number of benzene rings is 2. The van der Waals surface area contributed by atoms with E-state index in [0.29, 0.717) is 31.7 Å². The van der Waals surface area contributed by atoms with Gasteiger partial charge in [-0.15, -0.1) is 0 Å². The van der Waals surface area contributed by atoms with Crippen LogP contribution < -0.4 is 0 Å². The minimum absolute atomic E-state index is 0.00298. The van der Waals surface area contributed by atoms with E-state index in [-0.39, 0.29) is 34.6 Å². The number of hydrogen-bond acceptors (Lipinski definition) is 5. The zero-order chi connectivity index (χ0) is 26.5. The fourth-order valence-electron chi connectivity index (χ4n) is 4.37. The van der Waals surface area contributed by atoms with Crippen molar-refractivity contribution in [3.63, 3.8) is 0 Å². The molecule has 0 N–H and O–H groups in total. The molecule has 0 aromatic heterocycles. The number of sulfone groups is 1. The number of carbonyl (C=O) groups excluding carboxylic acids is 1. The number of nitrogens with zero attached hydrogens (tertiary/aromatic N) is 2. The van der Waals surface area contributed by atoms with Gasteiger partial charge in [-0.3, -0.25) is 4.79 Å². The lowest BCUT2D eigenvalue weighted by Gasteiger charge is -2.38. The molecule has 1 amide bonds. The molecule has 0 unspecified atom stereocenters. The molecule has 2 aliphatic rings. The molecule has 0 radical (unpaired) electrons. The third kappa shape index (κ3) is 5.56. The van der Waals surface area contributed by atoms with E-state index in [0.717, 1.165) is 18.4 Å². The Balaban J connectivity index is 1.51. The number of carbonyl (C=O) groups is 1. The van der Waals surface area contributed by atoms with Crippen LogP contribution in [0.4, 0.5) is 13.2 Å². The van der Waals surface area contributed by atoms with Crippen molar-refractivity contribution in [3.8, 4) is 0 Å². The topological polar surface area (TPSA) is 91.8 Å². The summed E-state index contributed by atoms with van der Waals surface area (Å²) in [6, 6.07) is 6.86. The van der Waals surface area contributed by atoms with Crippen LogP contribution in [-0.4, -0.2) is 63.4 Å². The lowest BCUT2D eigenvalue weighted by Crippen LogP contribution is -2.49. The Bertz CT molecular complexity index is 1380. The summed E-state index contributed by atoms with van der Waals surface area (Å²) in [5.74, 6) is -0.405. The Morgan fingerprint density at radius 1 is 0.944 bits per heavy atom. The smallest absolute Gasteiger partial charge is 0.338 e. The number of rotatable bonds is 6. The first kappa shape index (κ1) is 26.9. The van der Waals surface area contributed by atoms with Crippen LogP contribution in [0.15, 0.2) is 52.3 Å². The fraction of sp³-hybridized carbons (Fsp3) is 0.435. The van der Waals surface area contributed by atoms with Crippen molar-refractivity contribution in [2.75, 3.05) is 19.3 Å². The first-order valence-corrected chi connectivity index (χ1v) is 14.9. The molecule has 7 nitrogen and oxygen atoms in total. The number of sulfonamides is 1. The van der Waals surface area contributed by atoms with E-state index in [1.54, 1.807) is 0 Å². The van der Waals surface area contributed by atoms with Gasteiger partial charge in [-0.2, -0.15) is 17.5 Å². The van der Waals surface area contributed by atoms with Crippen LogP contribution in [-0.2, 0) is 26.0 Å². The second-order valence-electron chi connectivity index (χ2n) is 9.03. The Kier molecular flexibility index (Phi) is 7.19. The van der Waals surface area contributed by atoms with Crippen molar-refractivity contribution in [2.24, 2.45) is 0 Å². The molecule has 13 heteroatoms. The third-order valence-electron chi connectivity index (χ3n) is 6.35. The molecule has 36 heavy (non-hydrogen) atoms. The molecule has 1 saturated heterocycles. The molecule has 0 atom stereocenters. The summed E-state index contributed by atoms with van der Waals surface area (Å²) in [5.41, 5.74) is -0.892.